The number of carbonyl (C=O) groups excluding carboxylic acids is 1. The van der Waals surface area contributed by atoms with Crippen molar-refractivity contribution in [3.8, 4) is 0 Å². The summed E-state index contributed by atoms with van der Waals surface area (Å²) in [6.07, 6.45) is 5.50. The van der Waals surface area contributed by atoms with Crippen LogP contribution in [0, 0.1) is 5.92 Å². The molecule has 5 heteroatoms. The van der Waals surface area contributed by atoms with Crippen molar-refractivity contribution in [2.75, 3.05) is 13.1 Å². The van der Waals surface area contributed by atoms with Crippen LogP contribution in [0.4, 0.5) is 0 Å². The van der Waals surface area contributed by atoms with Gasteiger partial charge in [-0.15, -0.1) is 0 Å². The van der Waals surface area contributed by atoms with Crippen LogP contribution in [-0.2, 0) is 11.3 Å². The summed E-state index contributed by atoms with van der Waals surface area (Å²) in [5, 5.41) is 6.11. The molecule has 0 saturated carbocycles. The molecule has 15 heavy (non-hydrogen) atoms. The third kappa shape index (κ3) is 2.79. The lowest BCUT2D eigenvalue weighted by molar-refractivity contribution is -0.125. The van der Waals surface area contributed by atoms with E-state index in [0.717, 1.165) is 31.8 Å². The molecule has 1 atom stereocenters. The highest BCUT2D eigenvalue weighted by Gasteiger charge is 2.20. The largest absolute Gasteiger partial charge is 0.349 e. The van der Waals surface area contributed by atoms with Crippen molar-refractivity contribution >= 4 is 5.91 Å². The fraction of sp³-hybridized carbons (Fsp3) is 0.600. The highest BCUT2D eigenvalue weighted by molar-refractivity contribution is 5.78. The molecule has 3 N–H and O–H groups in total. The Morgan fingerprint density at radius 3 is 3.27 bits per heavy atom. The number of nitrogens with one attached hydrogen (secondary N) is 3. The number of nitrogens with zero attached hydrogens (tertiary/aromatic N) is 1. The number of amides is 1. The Morgan fingerprint density at radius 2 is 2.60 bits per heavy atom. The van der Waals surface area contributed by atoms with Gasteiger partial charge in [0.25, 0.3) is 0 Å². The molecule has 0 aromatic carbocycles. The third-order valence-corrected chi connectivity index (χ3v) is 2.65. The molecule has 1 saturated heterocycles. The highest BCUT2D eigenvalue weighted by Crippen LogP contribution is 2.09. The van der Waals surface area contributed by atoms with Crippen molar-refractivity contribution in [1.29, 1.82) is 0 Å². The zero-order valence-corrected chi connectivity index (χ0v) is 8.62. The van der Waals surface area contributed by atoms with Gasteiger partial charge in [-0.1, -0.05) is 0 Å². The quantitative estimate of drug-likeness (QED) is 0.656. The fourth-order valence-corrected chi connectivity index (χ4v) is 1.79. The normalized spacial score (nSPS) is 21.2. The van der Waals surface area contributed by atoms with Crippen molar-refractivity contribution < 1.29 is 4.79 Å². The average Bonchev–Trinajstić information content (AvgIpc) is 2.80. The molecule has 0 spiro atoms. The van der Waals surface area contributed by atoms with E-state index in [4.69, 9.17) is 0 Å². The third-order valence-electron chi connectivity index (χ3n) is 2.65. The van der Waals surface area contributed by atoms with E-state index in [1.54, 1.807) is 12.4 Å². The predicted molar refractivity (Wildman–Crippen MR) is 56.0 cm³/mol. The summed E-state index contributed by atoms with van der Waals surface area (Å²) in [6.45, 7) is 2.31. The van der Waals surface area contributed by atoms with E-state index in [1.807, 2.05) is 0 Å². The van der Waals surface area contributed by atoms with Crippen LogP contribution < -0.4 is 10.6 Å². The van der Waals surface area contributed by atoms with Gasteiger partial charge in [-0.05, 0) is 19.4 Å². The van der Waals surface area contributed by atoms with Crippen molar-refractivity contribution in [2.24, 2.45) is 5.92 Å². The fourth-order valence-electron chi connectivity index (χ4n) is 1.79. The Balaban J connectivity index is 1.76. The number of aromatic nitrogens is 2. The summed E-state index contributed by atoms with van der Waals surface area (Å²) in [6, 6.07) is 0. The molecule has 0 bridgehead atoms. The van der Waals surface area contributed by atoms with Crippen molar-refractivity contribution in [3.05, 3.63) is 18.2 Å². The molecular weight excluding hydrogens is 192 g/mol. The Labute approximate surface area is 88.7 Å². The second-order valence-electron chi connectivity index (χ2n) is 3.80. The molecule has 1 amide bonds. The van der Waals surface area contributed by atoms with Gasteiger partial charge in [0.05, 0.1) is 12.5 Å². The standard InChI is InChI=1S/C10H16N4O/c15-10(8-2-1-3-11-6-8)14-7-9-12-4-5-13-9/h4-5,8,11H,1-3,6-7H2,(H,12,13)(H,14,15)/t8-/m0/s1. The Kier molecular flexibility index (Phi) is 3.34. The molecule has 82 valence electrons. The first kappa shape index (κ1) is 10.2. The van der Waals surface area contributed by atoms with Crippen LogP contribution in [0.1, 0.15) is 18.7 Å². The van der Waals surface area contributed by atoms with E-state index >= 15 is 0 Å². The highest BCUT2D eigenvalue weighted by atomic mass is 16.1. The minimum absolute atomic E-state index is 0.119. The number of rotatable bonds is 3. The summed E-state index contributed by atoms with van der Waals surface area (Å²) in [5.74, 6) is 1.04. The lowest BCUT2D eigenvalue weighted by Crippen LogP contribution is -2.40. The van der Waals surface area contributed by atoms with Gasteiger partial charge < -0.3 is 15.6 Å². The van der Waals surface area contributed by atoms with Gasteiger partial charge in [-0.25, -0.2) is 4.98 Å². The maximum Gasteiger partial charge on any atom is 0.224 e. The van der Waals surface area contributed by atoms with E-state index in [0.29, 0.717) is 6.54 Å². The topological polar surface area (TPSA) is 69.8 Å². The molecule has 1 aromatic rings. The van der Waals surface area contributed by atoms with Crippen LogP contribution in [0.5, 0.6) is 0 Å². The second kappa shape index (κ2) is 4.93. The van der Waals surface area contributed by atoms with Crippen molar-refractivity contribution in [2.45, 2.75) is 19.4 Å². The summed E-state index contributed by atoms with van der Waals surface area (Å²) in [7, 11) is 0. The molecular formula is C10H16N4O. The van der Waals surface area contributed by atoms with E-state index in [-0.39, 0.29) is 11.8 Å². The SMILES string of the molecule is O=C(NCc1ncc[nH]1)[C@H]1CCCNC1. The van der Waals surface area contributed by atoms with E-state index in [1.165, 1.54) is 0 Å². The van der Waals surface area contributed by atoms with E-state index in [9.17, 15) is 4.79 Å². The molecule has 0 aliphatic carbocycles. The monoisotopic (exact) mass is 208 g/mol. The molecule has 2 rings (SSSR count). The van der Waals surface area contributed by atoms with Crippen LogP contribution in [-0.4, -0.2) is 29.0 Å². The summed E-state index contributed by atoms with van der Waals surface area (Å²) >= 11 is 0. The number of aromatic amines is 1. The minimum atomic E-state index is 0.119. The van der Waals surface area contributed by atoms with Gasteiger partial charge in [0.15, 0.2) is 0 Å². The Morgan fingerprint density at radius 1 is 1.67 bits per heavy atom. The zero-order valence-electron chi connectivity index (χ0n) is 8.62. The predicted octanol–water partition coefficient (Wildman–Crippen LogP) is 0.0255. The van der Waals surface area contributed by atoms with Crippen LogP contribution in [0.2, 0.25) is 0 Å². The van der Waals surface area contributed by atoms with Crippen LogP contribution in [0.25, 0.3) is 0 Å². The Bertz CT molecular complexity index is 303. The van der Waals surface area contributed by atoms with Gasteiger partial charge >= 0.3 is 0 Å². The number of H-pyrrole nitrogens is 1. The first-order valence-corrected chi connectivity index (χ1v) is 5.33. The number of imidazole rings is 1. The average molecular weight is 208 g/mol. The van der Waals surface area contributed by atoms with Crippen LogP contribution in [0.3, 0.4) is 0 Å². The zero-order chi connectivity index (χ0) is 10.5. The van der Waals surface area contributed by atoms with E-state index < -0.39 is 0 Å². The van der Waals surface area contributed by atoms with Crippen LogP contribution in [0.15, 0.2) is 12.4 Å². The minimum Gasteiger partial charge on any atom is -0.349 e. The van der Waals surface area contributed by atoms with Gasteiger partial charge in [-0.3, -0.25) is 4.79 Å². The first-order chi connectivity index (χ1) is 7.36. The molecule has 0 radical (unpaired) electrons. The van der Waals surface area contributed by atoms with Gasteiger partial charge in [0.2, 0.25) is 5.91 Å². The molecule has 1 aliphatic rings. The van der Waals surface area contributed by atoms with Gasteiger partial charge in [0.1, 0.15) is 5.82 Å². The molecule has 0 unspecified atom stereocenters. The molecule has 5 nitrogen and oxygen atoms in total. The summed E-state index contributed by atoms with van der Waals surface area (Å²) < 4.78 is 0. The van der Waals surface area contributed by atoms with Gasteiger partial charge in [0, 0.05) is 18.9 Å². The number of hydrogen-bond acceptors (Lipinski definition) is 3. The number of carbonyl (C=O) groups is 1. The molecule has 1 aliphatic heterocycles. The molecule has 1 fully saturated rings. The van der Waals surface area contributed by atoms with Crippen molar-refractivity contribution in [1.82, 2.24) is 20.6 Å². The lowest BCUT2D eigenvalue weighted by atomic mass is 9.99. The number of hydrogen-bond donors (Lipinski definition) is 3. The Hall–Kier alpha value is -1.36. The maximum absolute atomic E-state index is 11.7. The number of piperidine rings is 1. The van der Waals surface area contributed by atoms with E-state index in [2.05, 4.69) is 20.6 Å². The lowest BCUT2D eigenvalue weighted by Gasteiger charge is -2.21. The molecule has 2 heterocycles. The van der Waals surface area contributed by atoms with Gasteiger partial charge in [-0.2, -0.15) is 0 Å². The summed E-state index contributed by atoms with van der Waals surface area (Å²) in [4.78, 5) is 18.7. The second-order valence-corrected chi connectivity index (χ2v) is 3.80. The van der Waals surface area contributed by atoms with Crippen LogP contribution >= 0.6 is 0 Å². The first-order valence-electron chi connectivity index (χ1n) is 5.33. The molecule has 1 aromatic heterocycles. The summed E-state index contributed by atoms with van der Waals surface area (Å²) in [5.41, 5.74) is 0. The maximum atomic E-state index is 11.7. The van der Waals surface area contributed by atoms with Crippen molar-refractivity contribution in [3.63, 3.8) is 0 Å². The smallest absolute Gasteiger partial charge is 0.224 e.